The Morgan fingerprint density at radius 2 is 1.92 bits per heavy atom. The zero-order valence-electron chi connectivity index (χ0n) is 14.5. The molecule has 3 rings (SSSR count). The van der Waals surface area contributed by atoms with Crippen molar-refractivity contribution in [1.82, 2.24) is 10.2 Å². The third-order valence-corrected chi connectivity index (χ3v) is 5.26. The monoisotopic (exact) mass is 355 g/mol. The highest BCUT2D eigenvalue weighted by Crippen LogP contribution is 2.31. The van der Waals surface area contributed by atoms with E-state index in [-0.39, 0.29) is 11.7 Å². The van der Waals surface area contributed by atoms with Gasteiger partial charge in [0.2, 0.25) is 5.13 Å². The number of anilines is 1. The highest BCUT2D eigenvalue weighted by molar-refractivity contribution is 7.15. The average Bonchev–Trinajstić information content (AvgIpc) is 3.11. The Labute approximate surface area is 151 Å². The van der Waals surface area contributed by atoms with Gasteiger partial charge in [0.15, 0.2) is 0 Å². The predicted octanol–water partition coefficient (Wildman–Crippen LogP) is 5.71. The molecule has 0 fully saturated rings. The molecule has 1 N–H and O–H groups in total. The normalized spacial score (nSPS) is 12.1. The van der Waals surface area contributed by atoms with Crippen molar-refractivity contribution >= 4 is 16.5 Å². The second-order valence-electron chi connectivity index (χ2n) is 6.05. The minimum absolute atomic E-state index is 0.0125. The molecule has 3 aromatic rings. The van der Waals surface area contributed by atoms with Crippen molar-refractivity contribution in [3.05, 3.63) is 64.9 Å². The first kappa shape index (κ1) is 17.5. The Hall–Kier alpha value is -2.27. The fourth-order valence-corrected chi connectivity index (χ4v) is 3.50. The van der Waals surface area contributed by atoms with E-state index in [2.05, 4.69) is 22.4 Å². The van der Waals surface area contributed by atoms with Gasteiger partial charge in [0.25, 0.3) is 0 Å². The summed E-state index contributed by atoms with van der Waals surface area (Å²) in [6.45, 7) is 5.09. The topological polar surface area (TPSA) is 37.8 Å². The molecule has 2 aromatic carbocycles. The van der Waals surface area contributed by atoms with E-state index in [0.717, 1.165) is 40.7 Å². The second kappa shape index (κ2) is 8.21. The molecule has 0 saturated carbocycles. The fourth-order valence-electron chi connectivity index (χ4n) is 2.65. The van der Waals surface area contributed by atoms with Gasteiger partial charge in [-0.25, -0.2) is 4.39 Å². The minimum Gasteiger partial charge on any atom is -0.360 e. The average molecular weight is 355 g/mol. The number of aromatic nitrogens is 2. The van der Waals surface area contributed by atoms with Crippen LogP contribution in [0, 0.1) is 5.82 Å². The summed E-state index contributed by atoms with van der Waals surface area (Å²) in [5, 5.41) is 13.5. The van der Waals surface area contributed by atoms with Crippen molar-refractivity contribution < 1.29 is 4.39 Å². The van der Waals surface area contributed by atoms with Crippen LogP contribution in [0.1, 0.15) is 43.2 Å². The summed E-state index contributed by atoms with van der Waals surface area (Å²) in [5.74, 6) is -0.195. The first-order chi connectivity index (χ1) is 12.2. The molecule has 3 nitrogen and oxygen atoms in total. The van der Waals surface area contributed by atoms with E-state index in [0.29, 0.717) is 5.56 Å². The Bertz CT molecular complexity index is 817. The quantitative estimate of drug-likeness (QED) is 0.552. The largest absolute Gasteiger partial charge is 0.360 e. The Morgan fingerprint density at radius 1 is 1.12 bits per heavy atom. The number of nitrogens with zero attached hydrogens (tertiary/aromatic N) is 2. The van der Waals surface area contributed by atoms with Crippen molar-refractivity contribution in [2.24, 2.45) is 0 Å². The van der Waals surface area contributed by atoms with E-state index in [9.17, 15) is 4.39 Å². The van der Waals surface area contributed by atoms with E-state index >= 15 is 0 Å². The van der Waals surface area contributed by atoms with Crippen molar-refractivity contribution in [1.29, 1.82) is 0 Å². The Morgan fingerprint density at radius 3 is 2.64 bits per heavy atom. The van der Waals surface area contributed by atoms with Gasteiger partial charge in [-0.3, -0.25) is 0 Å². The van der Waals surface area contributed by atoms with Crippen LogP contribution < -0.4 is 5.32 Å². The third-order valence-electron chi connectivity index (χ3n) is 4.20. The van der Waals surface area contributed by atoms with Gasteiger partial charge in [0.05, 0.1) is 0 Å². The lowest BCUT2D eigenvalue weighted by Gasteiger charge is -2.10. The summed E-state index contributed by atoms with van der Waals surface area (Å²) in [5.41, 5.74) is 2.42. The number of hydrogen-bond acceptors (Lipinski definition) is 4. The molecule has 1 aromatic heterocycles. The van der Waals surface area contributed by atoms with E-state index in [1.54, 1.807) is 6.07 Å². The molecule has 0 saturated heterocycles. The maximum Gasteiger partial charge on any atom is 0.205 e. The molecule has 0 aliphatic rings. The molecule has 130 valence electrons. The summed E-state index contributed by atoms with van der Waals surface area (Å²) in [7, 11) is 0. The molecule has 1 atom stereocenters. The van der Waals surface area contributed by atoms with Crippen molar-refractivity contribution in [3.63, 3.8) is 0 Å². The Balaban J connectivity index is 1.76. The number of hydrogen-bond donors (Lipinski definition) is 1. The molecule has 0 spiro atoms. The standard InChI is InChI=1S/C20H22FN3S/c1-3-4-12-22-20-24-23-19(25-20)14(2)16-10-11-17(18(21)13-16)15-8-6-5-7-9-15/h5-11,13-14H,3-4,12H2,1-2H3,(H,22,24). The Kier molecular flexibility index (Phi) is 5.76. The highest BCUT2D eigenvalue weighted by Gasteiger charge is 2.16. The highest BCUT2D eigenvalue weighted by atomic mass is 32.1. The van der Waals surface area contributed by atoms with Crippen LogP contribution in [0.4, 0.5) is 9.52 Å². The molecule has 25 heavy (non-hydrogen) atoms. The van der Waals surface area contributed by atoms with Gasteiger partial charge in [0, 0.05) is 18.0 Å². The summed E-state index contributed by atoms with van der Waals surface area (Å²) in [6.07, 6.45) is 2.25. The minimum atomic E-state index is -0.207. The molecule has 0 aliphatic heterocycles. The van der Waals surface area contributed by atoms with Gasteiger partial charge in [-0.05, 0) is 23.6 Å². The molecular weight excluding hydrogens is 333 g/mol. The third kappa shape index (κ3) is 4.23. The first-order valence-electron chi connectivity index (χ1n) is 8.61. The SMILES string of the molecule is CCCCNc1nnc(C(C)c2ccc(-c3ccccc3)c(F)c2)s1. The number of halogens is 1. The van der Waals surface area contributed by atoms with Gasteiger partial charge >= 0.3 is 0 Å². The molecule has 0 bridgehead atoms. The summed E-state index contributed by atoms with van der Waals surface area (Å²) >= 11 is 1.54. The van der Waals surface area contributed by atoms with Crippen molar-refractivity contribution in [2.45, 2.75) is 32.6 Å². The first-order valence-corrected chi connectivity index (χ1v) is 9.43. The summed E-state index contributed by atoms with van der Waals surface area (Å²) in [6, 6.07) is 15.0. The van der Waals surface area contributed by atoms with Crippen LogP contribution in [-0.2, 0) is 0 Å². The number of rotatable bonds is 7. The number of nitrogens with one attached hydrogen (secondary N) is 1. The van der Waals surface area contributed by atoms with Crippen LogP contribution >= 0.6 is 11.3 Å². The number of benzene rings is 2. The van der Waals surface area contributed by atoms with Crippen LogP contribution in [-0.4, -0.2) is 16.7 Å². The van der Waals surface area contributed by atoms with Crippen molar-refractivity contribution in [2.75, 3.05) is 11.9 Å². The molecule has 0 aliphatic carbocycles. The lowest BCUT2D eigenvalue weighted by molar-refractivity contribution is 0.627. The van der Waals surface area contributed by atoms with Gasteiger partial charge in [0.1, 0.15) is 10.8 Å². The van der Waals surface area contributed by atoms with Crippen LogP contribution in [0.3, 0.4) is 0 Å². The van der Waals surface area contributed by atoms with Crippen LogP contribution in [0.15, 0.2) is 48.5 Å². The van der Waals surface area contributed by atoms with Gasteiger partial charge in [-0.15, -0.1) is 10.2 Å². The number of unbranched alkanes of at least 4 members (excludes halogenated alkanes) is 1. The van der Waals surface area contributed by atoms with E-state index < -0.39 is 0 Å². The molecule has 0 amide bonds. The van der Waals surface area contributed by atoms with E-state index in [4.69, 9.17) is 0 Å². The van der Waals surface area contributed by atoms with Gasteiger partial charge in [-0.2, -0.15) is 0 Å². The molecule has 0 radical (unpaired) electrons. The van der Waals surface area contributed by atoms with Gasteiger partial charge < -0.3 is 5.32 Å². The lowest BCUT2D eigenvalue weighted by Crippen LogP contribution is -1.99. The molecule has 5 heteroatoms. The van der Waals surface area contributed by atoms with Gasteiger partial charge in [-0.1, -0.05) is 74.1 Å². The fraction of sp³-hybridized carbons (Fsp3) is 0.300. The van der Waals surface area contributed by atoms with Crippen LogP contribution in [0.25, 0.3) is 11.1 Å². The smallest absolute Gasteiger partial charge is 0.205 e. The maximum atomic E-state index is 14.6. The second-order valence-corrected chi connectivity index (χ2v) is 7.06. The zero-order valence-corrected chi connectivity index (χ0v) is 15.3. The van der Waals surface area contributed by atoms with E-state index in [1.165, 1.54) is 11.3 Å². The molecule has 1 heterocycles. The predicted molar refractivity (Wildman–Crippen MR) is 103 cm³/mol. The lowest BCUT2D eigenvalue weighted by atomic mass is 9.97. The summed E-state index contributed by atoms with van der Waals surface area (Å²) < 4.78 is 14.6. The zero-order chi connectivity index (χ0) is 17.6. The van der Waals surface area contributed by atoms with Crippen LogP contribution in [0.5, 0.6) is 0 Å². The summed E-state index contributed by atoms with van der Waals surface area (Å²) in [4.78, 5) is 0. The molecular formula is C20H22FN3S. The van der Waals surface area contributed by atoms with E-state index in [1.807, 2.05) is 49.4 Å². The molecule has 1 unspecified atom stereocenters. The maximum absolute atomic E-state index is 14.6. The van der Waals surface area contributed by atoms with Crippen LogP contribution in [0.2, 0.25) is 0 Å². The van der Waals surface area contributed by atoms with Crippen molar-refractivity contribution in [3.8, 4) is 11.1 Å².